The third kappa shape index (κ3) is 5.94. The lowest BCUT2D eigenvalue weighted by Crippen LogP contribution is -2.44. The van der Waals surface area contributed by atoms with Crippen LogP contribution in [0.25, 0.3) is 0 Å². The zero-order valence-corrected chi connectivity index (χ0v) is 19.5. The molecule has 0 spiro atoms. The van der Waals surface area contributed by atoms with Crippen LogP contribution in [0.4, 0.5) is 11.4 Å². The number of ether oxygens (including phenoxy) is 1. The molecule has 4 rings (SSSR count). The van der Waals surface area contributed by atoms with Crippen LogP contribution >= 0.6 is 23.4 Å². The van der Waals surface area contributed by atoms with Gasteiger partial charge in [-0.15, -0.1) is 0 Å². The number of hydrogen-bond donors (Lipinski definition) is 1. The molecule has 2 amide bonds. The average molecular weight is 480 g/mol. The van der Waals surface area contributed by atoms with E-state index >= 15 is 0 Å². The van der Waals surface area contributed by atoms with Crippen molar-refractivity contribution < 1.29 is 14.3 Å². The molecule has 6 nitrogen and oxygen atoms in total. The monoisotopic (exact) mass is 479 g/mol. The maximum absolute atomic E-state index is 13.1. The van der Waals surface area contributed by atoms with Crippen molar-refractivity contribution in [1.29, 1.82) is 0 Å². The lowest BCUT2D eigenvalue weighted by atomic mass is 10.2. The molecule has 33 heavy (non-hydrogen) atoms. The first-order chi connectivity index (χ1) is 16.0. The van der Waals surface area contributed by atoms with Gasteiger partial charge in [-0.3, -0.25) is 14.5 Å². The Morgan fingerprint density at radius 3 is 2.45 bits per heavy atom. The predicted molar refractivity (Wildman–Crippen MR) is 133 cm³/mol. The molecule has 3 aromatic rings. The quantitative estimate of drug-likeness (QED) is 0.506. The molecule has 0 aliphatic carbocycles. The van der Waals surface area contributed by atoms with Gasteiger partial charge in [0.25, 0.3) is 0 Å². The zero-order chi connectivity index (χ0) is 23.2. The van der Waals surface area contributed by atoms with E-state index in [-0.39, 0.29) is 18.2 Å². The van der Waals surface area contributed by atoms with E-state index in [0.29, 0.717) is 33.9 Å². The Hall–Kier alpha value is -3.29. The van der Waals surface area contributed by atoms with E-state index in [1.54, 1.807) is 48.4 Å². The molecule has 1 saturated heterocycles. The van der Waals surface area contributed by atoms with Crippen LogP contribution in [0.2, 0.25) is 5.02 Å². The van der Waals surface area contributed by atoms with E-state index in [1.165, 1.54) is 11.8 Å². The Morgan fingerprint density at radius 2 is 1.79 bits per heavy atom. The van der Waals surface area contributed by atoms with Crippen LogP contribution in [-0.2, 0) is 16.1 Å². The molecule has 1 unspecified atom stereocenters. The second kappa shape index (κ2) is 10.6. The van der Waals surface area contributed by atoms with E-state index in [2.05, 4.69) is 5.32 Å². The Balaban J connectivity index is 1.59. The van der Waals surface area contributed by atoms with Crippen LogP contribution in [0.3, 0.4) is 0 Å². The second-order valence-electron chi connectivity index (χ2n) is 7.36. The van der Waals surface area contributed by atoms with E-state index < -0.39 is 5.25 Å². The molecule has 1 aliphatic heterocycles. The molecular weight excluding hydrogens is 458 g/mol. The van der Waals surface area contributed by atoms with Gasteiger partial charge in [0, 0.05) is 17.1 Å². The summed E-state index contributed by atoms with van der Waals surface area (Å²) in [6.07, 6.45) is 0.0819. The first-order valence-electron chi connectivity index (χ1n) is 10.3. The molecule has 168 valence electrons. The summed E-state index contributed by atoms with van der Waals surface area (Å²) >= 11 is 7.21. The maximum atomic E-state index is 13.1. The van der Waals surface area contributed by atoms with Crippen LogP contribution in [0.1, 0.15) is 12.0 Å². The molecule has 0 aromatic heterocycles. The Labute approximate surface area is 201 Å². The molecular formula is C25H22ClN3O3S. The van der Waals surface area contributed by atoms with Gasteiger partial charge in [-0.05, 0) is 54.1 Å². The van der Waals surface area contributed by atoms with Crippen molar-refractivity contribution >= 4 is 51.7 Å². The molecule has 1 aliphatic rings. The highest BCUT2D eigenvalue weighted by molar-refractivity contribution is 8.15. The molecule has 0 radical (unpaired) electrons. The normalized spacial score (nSPS) is 17.2. The summed E-state index contributed by atoms with van der Waals surface area (Å²) in [4.78, 5) is 32.4. The summed E-state index contributed by atoms with van der Waals surface area (Å²) in [5, 5.41) is 3.33. The average Bonchev–Trinajstić information content (AvgIpc) is 2.83. The maximum Gasteiger partial charge on any atom is 0.238 e. The third-order valence-electron chi connectivity index (χ3n) is 5.02. The molecule has 1 fully saturated rings. The van der Waals surface area contributed by atoms with Crippen LogP contribution in [0, 0.1) is 0 Å². The van der Waals surface area contributed by atoms with Crippen molar-refractivity contribution in [2.75, 3.05) is 12.4 Å². The van der Waals surface area contributed by atoms with Crippen molar-refractivity contribution in [2.24, 2.45) is 4.99 Å². The molecule has 1 N–H and O–H groups in total. The molecule has 3 aromatic carbocycles. The number of nitrogens with zero attached hydrogens (tertiary/aromatic N) is 2. The van der Waals surface area contributed by atoms with E-state index in [0.717, 1.165) is 5.56 Å². The fraction of sp³-hybridized carbons (Fsp3) is 0.160. The lowest BCUT2D eigenvalue weighted by molar-refractivity contribution is -0.129. The third-order valence-corrected chi connectivity index (χ3v) is 6.46. The van der Waals surface area contributed by atoms with Crippen LogP contribution in [0.5, 0.6) is 5.75 Å². The predicted octanol–water partition coefficient (Wildman–Crippen LogP) is 5.51. The lowest BCUT2D eigenvalue weighted by Gasteiger charge is -2.32. The number of rotatable bonds is 6. The topological polar surface area (TPSA) is 71.0 Å². The van der Waals surface area contributed by atoms with Crippen LogP contribution in [-0.4, -0.2) is 34.2 Å². The Kier molecular flexibility index (Phi) is 7.32. The van der Waals surface area contributed by atoms with Gasteiger partial charge in [0.05, 0.1) is 19.3 Å². The minimum Gasteiger partial charge on any atom is -0.497 e. The summed E-state index contributed by atoms with van der Waals surface area (Å²) in [7, 11) is 1.60. The zero-order valence-electron chi connectivity index (χ0n) is 17.9. The molecule has 0 saturated carbocycles. The Morgan fingerprint density at radius 1 is 1.09 bits per heavy atom. The summed E-state index contributed by atoms with van der Waals surface area (Å²) < 4.78 is 5.21. The van der Waals surface area contributed by atoms with E-state index in [1.807, 2.05) is 42.5 Å². The number of amidine groups is 1. The highest BCUT2D eigenvalue weighted by Gasteiger charge is 2.36. The number of carbonyl (C=O) groups excluding carboxylic acids is 2. The number of carbonyl (C=O) groups is 2. The van der Waals surface area contributed by atoms with E-state index in [4.69, 9.17) is 21.3 Å². The van der Waals surface area contributed by atoms with Gasteiger partial charge in [0.15, 0.2) is 5.17 Å². The van der Waals surface area contributed by atoms with Crippen molar-refractivity contribution in [1.82, 2.24) is 4.90 Å². The van der Waals surface area contributed by atoms with Gasteiger partial charge in [-0.25, -0.2) is 4.99 Å². The highest BCUT2D eigenvalue weighted by atomic mass is 35.5. The first-order valence-corrected chi connectivity index (χ1v) is 11.6. The largest absolute Gasteiger partial charge is 0.497 e. The van der Waals surface area contributed by atoms with Gasteiger partial charge in [0.2, 0.25) is 11.8 Å². The number of anilines is 1. The minimum absolute atomic E-state index is 0.0819. The molecule has 8 heteroatoms. The van der Waals surface area contributed by atoms with Crippen molar-refractivity contribution in [3.8, 4) is 5.75 Å². The fourth-order valence-electron chi connectivity index (χ4n) is 3.29. The van der Waals surface area contributed by atoms with E-state index in [9.17, 15) is 9.59 Å². The molecule has 1 atom stereocenters. The van der Waals surface area contributed by atoms with Crippen molar-refractivity contribution in [2.45, 2.75) is 18.2 Å². The van der Waals surface area contributed by atoms with Gasteiger partial charge in [-0.2, -0.15) is 0 Å². The number of thioether (sulfide) groups is 1. The van der Waals surface area contributed by atoms with Crippen LogP contribution < -0.4 is 10.1 Å². The SMILES string of the molecule is COc1ccc(N=C2SC(C(=O)Nc3ccc(Cl)cc3)CC(=O)N2Cc2ccccc2)cc1. The summed E-state index contributed by atoms with van der Waals surface area (Å²) in [6, 6.07) is 23.8. The van der Waals surface area contributed by atoms with Gasteiger partial charge in [0.1, 0.15) is 11.0 Å². The van der Waals surface area contributed by atoms with Crippen molar-refractivity contribution in [3.05, 3.63) is 89.4 Å². The fourth-order valence-corrected chi connectivity index (χ4v) is 4.51. The number of amides is 2. The standard InChI is InChI=1S/C25H22ClN3O3S/c1-32-21-13-11-20(12-14-21)28-25-29(16-17-5-3-2-4-6-17)23(30)15-22(33-25)24(31)27-19-9-7-18(26)8-10-19/h2-14,22H,15-16H2,1H3,(H,27,31). The number of methoxy groups -OCH3 is 1. The number of hydrogen-bond acceptors (Lipinski definition) is 5. The second-order valence-corrected chi connectivity index (χ2v) is 8.97. The molecule has 1 heterocycles. The Bertz CT molecular complexity index is 1150. The number of benzene rings is 3. The summed E-state index contributed by atoms with van der Waals surface area (Å²) in [5.74, 6) is 0.311. The molecule has 0 bridgehead atoms. The van der Waals surface area contributed by atoms with Crippen molar-refractivity contribution in [3.63, 3.8) is 0 Å². The van der Waals surface area contributed by atoms with Gasteiger partial charge in [-0.1, -0.05) is 53.7 Å². The number of nitrogens with one attached hydrogen (secondary N) is 1. The minimum atomic E-state index is -0.600. The summed E-state index contributed by atoms with van der Waals surface area (Å²) in [5.41, 5.74) is 2.28. The smallest absolute Gasteiger partial charge is 0.238 e. The highest BCUT2D eigenvalue weighted by Crippen LogP contribution is 2.31. The van der Waals surface area contributed by atoms with Crippen LogP contribution in [0.15, 0.2) is 83.9 Å². The van der Waals surface area contributed by atoms with Gasteiger partial charge >= 0.3 is 0 Å². The number of halogens is 1. The number of aliphatic imine (C=N–C) groups is 1. The summed E-state index contributed by atoms with van der Waals surface area (Å²) in [6.45, 7) is 0.382. The van der Waals surface area contributed by atoms with Gasteiger partial charge < -0.3 is 10.1 Å². The first kappa shape index (κ1) is 22.9.